The Morgan fingerprint density at radius 1 is 1.00 bits per heavy atom. The Morgan fingerprint density at radius 2 is 1.61 bits per heavy atom. The zero-order valence-electron chi connectivity index (χ0n) is 9.91. The lowest BCUT2D eigenvalue weighted by Crippen LogP contribution is -2.08. The maximum Gasteiger partial charge on any atom is 0.127 e. The third-order valence-electron chi connectivity index (χ3n) is 2.60. The molecule has 1 atom stereocenters. The molecule has 0 heterocycles. The number of para-hydroxylation sites is 1. The second kappa shape index (κ2) is 5.85. The van der Waals surface area contributed by atoms with Crippen LogP contribution in [0, 0.1) is 11.3 Å². The first-order valence-corrected chi connectivity index (χ1v) is 5.75. The zero-order chi connectivity index (χ0) is 12.8. The van der Waals surface area contributed by atoms with Crippen molar-refractivity contribution in [2.24, 2.45) is 5.73 Å². The minimum Gasteiger partial charge on any atom is -0.457 e. The van der Waals surface area contributed by atoms with Crippen molar-refractivity contribution in [2.45, 2.75) is 12.5 Å². The highest BCUT2D eigenvalue weighted by Gasteiger charge is 2.05. The topological polar surface area (TPSA) is 59.0 Å². The number of hydrogen-bond acceptors (Lipinski definition) is 3. The molecule has 2 rings (SSSR count). The molecule has 0 spiro atoms. The van der Waals surface area contributed by atoms with Crippen LogP contribution in [0.5, 0.6) is 11.5 Å². The number of rotatable bonds is 4. The molecule has 0 radical (unpaired) electrons. The van der Waals surface area contributed by atoms with Crippen molar-refractivity contribution >= 4 is 0 Å². The molecule has 0 aliphatic heterocycles. The van der Waals surface area contributed by atoms with Gasteiger partial charge >= 0.3 is 0 Å². The summed E-state index contributed by atoms with van der Waals surface area (Å²) in [6.45, 7) is 0. The predicted octanol–water partition coefficient (Wildman–Crippen LogP) is 3.39. The van der Waals surface area contributed by atoms with E-state index in [2.05, 4.69) is 6.07 Å². The summed E-state index contributed by atoms with van der Waals surface area (Å²) >= 11 is 0. The molecule has 2 N–H and O–H groups in total. The molecule has 0 bridgehead atoms. The molecule has 0 aliphatic rings. The molecule has 18 heavy (non-hydrogen) atoms. The molecule has 0 aliphatic carbocycles. The van der Waals surface area contributed by atoms with Gasteiger partial charge in [0.05, 0.1) is 12.5 Å². The van der Waals surface area contributed by atoms with Crippen LogP contribution in [-0.4, -0.2) is 0 Å². The average Bonchev–Trinajstić information content (AvgIpc) is 2.41. The summed E-state index contributed by atoms with van der Waals surface area (Å²) in [5, 5.41) is 8.59. The van der Waals surface area contributed by atoms with Gasteiger partial charge in [0.25, 0.3) is 0 Å². The van der Waals surface area contributed by atoms with Crippen molar-refractivity contribution in [1.82, 2.24) is 0 Å². The molecule has 3 nitrogen and oxygen atoms in total. The smallest absolute Gasteiger partial charge is 0.127 e. The van der Waals surface area contributed by atoms with E-state index in [9.17, 15) is 0 Å². The first-order valence-electron chi connectivity index (χ1n) is 5.75. The molecule has 0 aromatic heterocycles. The van der Waals surface area contributed by atoms with E-state index in [0.717, 1.165) is 17.1 Å². The van der Waals surface area contributed by atoms with Crippen LogP contribution >= 0.6 is 0 Å². The van der Waals surface area contributed by atoms with Crippen molar-refractivity contribution < 1.29 is 4.74 Å². The van der Waals surface area contributed by atoms with Gasteiger partial charge in [-0.2, -0.15) is 5.26 Å². The Hall–Kier alpha value is -2.31. The molecule has 0 amide bonds. The minimum absolute atomic E-state index is 0.235. The fraction of sp³-hybridized carbons (Fsp3) is 0.133. The van der Waals surface area contributed by atoms with Gasteiger partial charge in [0.2, 0.25) is 0 Å². The molecular formula is C15H14N2O. The van der Waals surface area contributed by atoms with Gasteiger partial charge in [-0.3, -0.25) is 0 Å². The van der Waals surface area contributed by atoms with Gasteiger partial charge in [0.15, 0.2) is 0 Å². The van der Waals surface area contributed by atoms with Gasteiger partial charge < -0.3 is 10.5 Å². The first-order chi connectivity index (χ1) is 8.79. The van der Waals surface area contributed by atoms with Crippen LogP contribution in [0.1, 0.15) is 18.0 Å². The second-order valence-corrected chi connectivity index (χ2v) is 3.95. The van der Waals surface area contributed by atoms with E-state index in [0.29, 0.717) is 6.42 Å². The fourth-order valence-electron chi connectivity index (χ4n) is 1.62. The summed E-state index contributed by atoms with van der Waals surface area (Å²) in [6.07, 6.45) is 0.318. The Balaban J connectivity index is 2.07. The Bertz CT molecular complexity index is 529. The molecule has 2 aromatic rings. The van der Waals surface area contributed by atoms with E-state index in [1.165, 1.54) is 0 Å². The number of nitrogens with zero attached hydrogens (tertiary/aromatic N) is 1. The first kappa shape index (κ1) is 12.2. The molecular weight excluding hydrogens is 224 g/mol. The van der Waals surface area contributed by atoms with E-state index in [-0.39, 0.29) is 6.04 Å². The normalized spacial score (nSPS) is 11.6. The van der Waals surface area contributed by atoms with Gasteiger partial charge in [-0.1, -0.05) is 30.3 Å². The van der Waals surface area contributed by atoms with E-state index in [1.54, 1.807) is 0 Å². The van der Waals surface area contributed by atoms with Crippen LogP contribution < -0.4 is 10.5 Å². The summed E-state index contributed by atoms with van der Waals surface area (Å²) < 4.78 is 5.67. The minimum atomic E-state index is -0.235. The van der Waals surface area contributed by atoms with E-state index >= 15 is 0 Å². The van der Waals surface area contributed by atoms with Crippen molar-refractivity contribution in [3.05, 3.63) is 60.2 Å². The van der Waals surface area contributed by atoms with Crippen LogP contribution in [0.4, 0.5) is 0 Å². The van der Waals surface area contributed by atoms with Gasteiger partial charge in [0, 0.05) is 6.04 Å². The van der Waals surface area contributed by atoms with E-state index < -0.39 is 0 Å². The summed E-state index contributed by atoms with van der Waals surface area (Å²) in [6, 6.07) is 18.9. The van der Waals surface area contributed by atoms with Gasteiger partial charge in [-0.25, -0.2) is 0 Å². The van der Waals surface area contributed by atoms with Crippen LogP contribution in [-0.2, 0) is 0 Å². The predicted molar refractivity (Wildman–Crippen MR) is 70.1 cm³/mol. The Labute approximate surface area is 106 Å². The third-order valence-corrected chi connectivity index (χ3v) is 2.60. The molecule has 3 heteroatoms. The van der Waals surface area contributed by atoms with Crippen molar-refractivity contribution in [3.63, 3.8) is 0 Å². The SMILES string of the molecule is N#CC[C@H](N)c1ccc(Oc2ccccc2)cc1. The van der Waals surface area contributed by atoms with Crippen LogP contribution in [0.2, 0.25) is 0 Å². The lowest BCUT2D eigenvalue weighted by Gasteiger charge is -2.09. The lowest BCUT2D eigenvalue weighted by atomic mass is 10.1. The zero-order valence-corrected chi connectivity index (χ0v) is 9.91. The summed E-state index contributed by atoms with van der Waals surface area (Å²) in [4.78, 5) is 0. The van der Waals surface area contributed by atoms with E-state index in [1.807, 2.05) is 54.6 Å². The summed E-state index contributed by atoms with van der Waals surface area (Å²) in [5.41, 5.74) is 6.79. The monoisotopic (exact) mass is 238 g/mol. The van der Waals surface area contributed by atoms with Crippen molar-refractivity contribution in [2.75, 3.05) is 0 Å². The highest BCUT2D eigenvalue weighted by Crippen LogP contribution is 2.23. The van der Waals surface area contributed by atoms with Crippen LogP contribution in [0.3, 0.4) is 0 Å². The maximum absolute atomic E-state index is 8.59. The summed E-state index contributed by atoms with van der Waals surface area (Å²) in [5.74, 6) is 1.56. The molecule has 0 fully saturated rings. The van der Waals surface area contributed by atoms with Crippen molar-refractivity contribution in [3.8, 4) is 17.6 Å². The van der Waals surface area contributed by atoms with Crippen LogP contribution in [0.15, 0.2) is 54.6 Å². The third kappa shape index (κ3) is 3.09. The fourth-order valence-corrected chi connectivity index (χ4v) is 1.62. The average molecular weight is 238 g/mol. The number of ether oxygens (including phenoxy) is 1. The van der Waals surface area contributed by atoms with Gasteiger partial charge in [0.1, 0.15) is 11.5 Å². The highest BCUT2D eigenvalue weighted by molar-refractivity contribution is 5.34. The number of nitriles is 1. The number of nitrogens with two attached hydrogens (primary N) is 1. The molecule has 0 saturated carbocycles. The van der Waals surface area contributed by atoms with E-state index in [4.69, 9.17) is 15.7 Å². The van der Waals surface area contributed by atoms with Crippen molar-refractivity contribution in [1.29, 1.82) is 5.26 Å². The van der Waals surface area contributed by atoms with Gasteiger partial charge in [-0.05, 0) is 29.8 Å². The Kier molecular flexibility index (Phi) is 3.95. The lowest BCUT2D eigenvalue weighted by molar-refractivity contribution is 0.482. The largest absolute Gasteiger partial charge is 0.457 e. The molecule has 2 aromatic carbocycles. The number of benzene rings is 2. The molecule has 90 valence electrons. The number of hydrogen-bond donors (Lipinski definition) is 1. The maximum atomic E-state index is 8.59. The van der Waals surface area contributed by atoms with Gasteiger partial charge in [-0.15, -0.1) is 0 Å². The second-order valence-electron chi connectivity index (χ2n) is 3.95. The summed E-state index contributed by atoms with van der Waals surface area (Å²) in [7, 11) is 0. The highest BCUT2D eigenvalue weighted by atomic mass is 16.5. The standard InChI is InChI=1S/C15H14N2O/c16-11-10-15(17)12-6-8-14(9-7-12)18-13-4-2-1-3-5-13/h1-9,15H,10,17H2/t15-/m0/s1. The van der Waals surface area contributed by atoms with Crippen LogP contribution in [0.25, 0.3) is 0 Å². The molecule has 0 unspecified atom stereocenters. The quantitative estimate of drug-likeness (QED) is 0.888. The molecule has 0 saturated heterocycles. The Morgan fingerprint density at radius 3 is 2.22 bits per heavy atom.